The van der Waals surface area contributed by atoms with Gasteiger partial charge in [0, 0.05) is 0 Å². The maximum atomic E-state index is 10.9. The van der Waals surface area contributed by atoms with Crippen LogP contribution >= 0.6 is 0 Å². The molecule has 2 unspecified atom stereocenters. The zero-order valence-corrected chi connectivity index (χ0v) is 16.0. The average molecular weight is 385 g/mol. The Morgan fingerprint density at radius 1 is 0.966 bits per heavy atom. The SMILES string of the molecule is O=CC1COC(C=Cc2cc(OCc3ccccc3)cc(-c3ccccc3)c2)N1. The standard InChI is InChI=1S/C25H23NO3/c27-16-23-18-29-25(26-23)12-11-20-13-22(21-9-5-2-6-10-21)15-24(14-20)28-17-19-7-3-1-4-8-19/h1-16,23,25-26H,17-18H2. The van der Waals surface area contributed by atoms with Gasteiger partial charge in [-0.2, -0.15) is 0 Å². The fourth-order valence-corrected chi connectivity index (χ4v) is 3.24. The van der Waals surface area contributed by atoms with Crippen molar-refractivity contribution in [2.24, 2.45) is 0 Å². The summed E-state index contributed by atoms with van der Waals surface area (Å²) in [5.74, 6) is 0.806. The first-order valence-corrected chi connectivity index (χ1v) is 9.68. The quantitative estimate of drug-likeness (QED) is 0.610. The highest BCUT2D eigenvalue weighted by molar-refractivity contribution is 5.69. The number of carbonyl (C=O) groups excluding carboxylic acids is 1. The highest BCUT2D eigenvalue weighted by atomic mass is 16.5. The summed E-state index contributed by atoms with van der Waals surface area (Å²) < 4.78 is 11.6. The molecule has 3 aromatic rings. The maximum Gasteiger partial charge on any atom is 0.139 e. The minimum atomic E-state index is -0.265. The van der Waals surface area contributed by atoms with Gasteiger partial charge in [0.2, 0.25) is 0 Å². The Bertz CT molecular complexity index is 970. The van der Waals surface area contributed by atoms with Crippen LogP contribution in [0.3, 0.4) is 0 Å². The molecule has 0 radical (unpaired) electrons. The number of benzene rings is 3. The van der Waals surface area contributed by atoms with Crippen LogP contribution in [0.5, 0.6) is 5.75 Å². The minimum absolute atomic E-state index is 0.245. The Labute approximate surface area is 170 Å². The van der Waals surface area contributed by atoms with E-state index < -0.39 is 0 Å². The van der Waals surface area contributed by atoms with Crippen LogP contribution in [0, 0.1) is 0 Å². The highest BCUT2D eigenvalue weighted by Gasteiger charge is 2.21. The number of carbonyl (C=O) groups is 1. The molecule has 0 saturated carbocycles. The monoisotopic (exact) mass is 385 g/mol. The first-order valence-electron chi connectivity index (χ1n) is 9.68. The summed E-state index contributed by atoms with van der Waals surface area (Å²) in [7, 11) is 0. The van der Waals surface area contributed by atoms with Gasteiger partial charge in [0.05, 0.1) is 12.6 Å². The van der Waals surface area contributed by atoms with Gasteiger partial charge in [-0.3, -0.25) is 5.32 Å². The van der Waals surface area contributed by atoms with Crippen molar-refractivity contribution in [3.63, 3.8) is 0 Å². The summed E-state index contributed by atoms with van der Waals surface area (Å²) in [4.78, 5) is 10.9. The van der Waals surface area contributed by atoms with Gasteiger partial charge in [-0.25, -0.2) is 0 Å². The van der Waals surface area contributed by atoms with Gasteiger partial charge < -0.3 is 14.3 Å². The molecule has 146 valence electrons. The van der Waals surface area contributed by atoms with E-state index in [9.17, 15) is 4.79 Å². The second-order valence-electron chi connectivity index (χ2n) is 6.95. The highest BCUT2D eigenvalue weighted by Crippen LogP contribution is 2.27. The normalized spacial score (nSPS) is 18.8. The lowest BCUT2D eigenvalue weighted by Crippen LogP contribution is -2.30. The van der Waals surface area contributed by atoms with Crippen LogP contribution in [0.2, 0.25) is 0 Å². The molecule has 4 nitrogen and oxygen atoms in total. The Hall–Kier alpha value is -3.21. The molecule has 1 aliphatic rings. The molecule has 3 aromatic carbocycles. The third-order valence-corrected chi connectivity index (χ3v) is 4.75. The minimum Gasteiger partial charge on any atom is -0.489 e. The second-order valence-corrected chi connectivity index (χ2v) is 6.95. The van der Waals surface area contributed by atoms with Crippen LogP contribution in [-0.4, -0.2) is 25.2 Å². The van der Waals surface area contributed by atoms with E-state index in [-0.39, 0.29) is 12.3 Å². The van der Waals surface area contributed by atoms with Crippen molar-refractivity contribution in [3.8, 4) is 16.9 Å². The van der Waals surface area contributed by atoms with Gasteiger partial charge >= 0.3 is 0 Å². The molecule has 2 atom stereocenters. The Kier molecular flexibility index (Phi) is 6.15. The molecule has 29 heavy (non-hydrogen) atoms. The number of aldehydes is 1. The van der Waals surface area contributed by atoms with E-state index in [0.29, 0.717) is 13.2 Å². The van der Waals surface area contributed by atoms with Gasteiger partial charge in [-0.15, -0.1) is 0 Å². The first-order chi connectivity index (χ1) is 14.3. The second kappa shape index (κ2) is 9.32. The van der Waals surface area contributed by atoms with Crippen LogP contribution < -0.4 is 10.1 Å². The molecule has 1 saturated heterocycles. The zero-order chi connectivity index (χ0) is 19.9. The zero-order valence-electron chi connectivity index (χ0n) is 16.0. The average Bonchev–Trinajstić information content (AvgIpc) is 3.26. The van der Waals surface area contributed by atoms with Crippen LogP contribution in [0.15, 0.2) is 84.9 Å². The van der Waals surface area contributed by atoms with Gasteiger partial charge in [0.1, 0.15) is 24.9 Å². The van der Waals surface area contributed by atoms with Crippen molar-refractivity contribution < 1.29 is 14.3 Å². The van der Waals surface area contributed by atoms with E-state index in [1.165, 1.54) is 0 Å². The molecule has 0 aliphatic carbocycles. The molecule has 0 bridgehead atoms. The summed E-state index contributed by atoms with van der Waals surface area (Å²) in [5.41, 5.74) is 4.35. The lowest BCUT2D eigenvalue weighted by atomic mass is 10.0. The van der Waals surface area contributed by atoms with Crippen molar-refractivity contribution in [2.45, 2.75) is 18.9 Å². The van der Waals surface area contributed by atoms with E-state index in [1.807, 2.05) is 54.6 Å². The van der Waals surface area contributed by atoms with Crippen LogP contribution in [0.1, 0.15) is 11.1 Å². The summed E-state index contributed by atoms with van der Waals surface area (Å²) in [6.45, 7) is 0.907. The molecular weight excluding hydrogens is 362 g/mol. The topological polar surface area (TPSA) is 47.6 Å². The number of hydrogen-bond acceptors (Lipinski definition) is 4. The molecule has 1 aliphatic heterocycles. The smallest absolute Gasteiger partial charge is 0.139 e. The fraction of sp³-hybridized carbons (Fsp3) is 0.160. The Morgan fingerprint density at radius 3 is 2.45 bits per heavy atom. The van der Waals surface area contributed by atoms with Gasteiger partial charge in [-0.1, -0.05) is 66.7 Å². The third kappa shape index (κ3) is 5.19. The van der Waals surface area contributed by atoms with E-state index in [1.54, 1.807) is 0 Å². The number of nitrogens with one attached hydrogen (secondary N) is 1. The molecular formula is C25H23NO3. The third-order valence-electron chi connectivity index (χ3n) is 4.75. The fourth-order valence-electron chi connectivity index (χ4n) is 3.24. The molecule has 4 heteroatoms. The van der Waals surface area contributed by atoms with Gasteiger partial charge in [0.25, 0.3) is 0 Å². The molecule has 1 heterocycles. The van der Waals surface area contributed by atoms with Gasteiger partial charge in [-0.05, 0) is 46.5 Å². The number of hydrogen-bond donors (Lipinski definition) is 1. The molecule has 0 amide bonds. The predicted molar refractivity (Wildman–Crippen MR) is 114 cm³/mol. The summed E-state index contributed by atoms with van der Waals surface area (Å²) in [5, 5.41) is 3.11. The van der Waals surface area contributed by atoms with Crippen LogP contribution in [0.4, 0.5) is 0 Å². The Morgan fingerprint density at radius 2 is 1.72 bits per heavy atom. The van der Waals surface area contributed by atoms with E-state index in [4.69, 9.17) is 9.47 Å². The van der Waals surface area contributed by atoms with E-state index in [0.717, 1.165) is 34.3 Å². The van der Waals surface area contributed by atoms with Crippen molar-refractivity contribution >= 4 is 12.4 Å². The number of ether oxygens (including phenoxy) is 2. The maximum absolute atomic E-state index is 10.9. The largest absolute Gasteiger partial charge is 0.489 e. The Balaban J connectivity index is 1.57. The molecule has 1 fully saturated rings. The van der Waals surface area contributed by atoms with Crippen molar-refractivity contribution in [1.82, 2.24) is 5.32 Å². The van der Waals surface area contributed by atoms with Crippen molar-refractivity contribution in [1.29, 1.82) is 0 Å². The van der Waals surface area contributed by atoms with E-state index in [2.05, 4.69) is 41.7 Å². The van der Waals surface area contributed by atoms with E-state index >= 15 is 0 Å². The lowest BCUT2D eigenvalue weighted by Gasteiger charge is -2.11. The molecule has 0 aromatic heterocycles. The van der Waals surface area contributed by atoms with Crippen LogP contribution in [-0.2, 0) is 16.1 Å². The predicted octanol–water partition coefficient (Wildman–Crippen LogP) is 4.46. The van der Waals surface area contributed by atoms with Crippen molar-refractivity contribution in [2.75, 3.05) is 6.61 Å². The first kappa shape index (κ1) is 19.1. The summed E-state index contributed by atoms with van der Waals surface area (Å²) in [6, 6.07) is 26.3. The van der Waals surface area contributed by atoms with Gasteiger partial charge in [0.15, 0.2) is 0 Å². The molecule has 4 rings (SSSR count). The lowest BCUT2D eigenvalue weighted by molar-refractivity contribution is -0.109. The summed E-state index contributed by atoms with van der Waals surface area (Å²) >= 11 is 0. The molecule has 1 N–H and O–H groups in total. The molecule has 0 spiro atoms. The summed E-state index contributed by atoms with van der Waals surface area (Å²) in [6.07, 6.45) is 4.53. The van der Waals surface area contributed by atoms with Crippen molar-refractivity contribution in [3.05, 3.63) is 96.1 Å². The van der Waals surface area contributed by atoms with Crippen LogP contribution in [0.25, 0.3) is 17.2 Å². The number of rotatable bonds is 7.